The molecule has 10 heteroatoms. The highest BCUT2D eigenvalue weighted by molar-refractivity contribution is 7.91. The minimum atomic E-state index is -3.76. The van der Waals surface area contributed by atoms with Crippen molar-refractivity contribution in [2.75, 3.05) is 31.7 Å². The molecule has 0 aliphatic rings. The van der Waals surface area contributed by atoms with E-state index in [2.05, 4.69) is 5.32 Å². The molecule has 0 bridgehead atoms. The normalized spacial score (nSPS) is 12.3. The summed E-state index contributed by atoms with van der Waals surface area (Å²) < 4.78 is 29.7. The van der Waals surface area contributed by atoms with Gasteiger partial charge in [-0.1, -0.05) is 30.3 Å². The number of benzene rings is 3. The Morgan fingerprint density at radius 2 is 1.71 bits per heavy atom. The molecular weight excluding hydrogens is 508 g/mol. The first kappa shape index (κ1) is 29.0. The number of rotatable bonds is 12. The fourth-order valence-electron chi connectivity index (χ4n) is 4.43. The summed E-state index contributed by atoms with van der Waals surface area (Å²) in [6.07, 6.45) is 0.470. The zero-order chi connectivity index (χ0) is 28.0. The highest BCUT2D eigenvalue weighted by atomic mass is 32.2. The van der Waals surface area contributed by atoms with Gasteiger partial charge < -0.3 is 31.1 Å². The van der Waals surface area contributed by atoms with Crippen LogP contribution in [0, 0.1) is 13.8 Å². The number of sulfone groups is 1. The van der Waals surface area contributed by atoms with E-state index in [1.165, 1.54) is 12.1 Å². The van der Waals surface area contributed by atoms with Crippen LogP contribution in [-0.2, 0) is 21.1 Å². The highest BCUT2D eigenvalue weighted by Gasteiger charge is 2.22. The van der Waals surface area contributed by atoms with E-state index >= 15 is 0 Å². The number of hydrogen-bond donors (Lipinski definition) is 5. The van der Waals surface area contributed by atoms with Crippen LogP contribution in [0.3, 0.4) is 0 Å². The van der Waals surface area contributed by atoms with Crippen molar-refractivity contribution < 1.29 is 33.3 Å². The van der Waals surface area contributed by atoms with Crippen molar-refractivity contribution in [2.24, 2.45) is 0 Å². The Bertz CT molecular complexity index is 1380. The first-order valence-electron chi connectivity index (χ1n) is 12.1. The Morgan fingerprint density at radius 3 is 2.29 bits per heavy atom. The summed E-state index contributed by atoms with van der Waals surface area (Å²) in [7, 11) is -3.76. The molecule has 0 aliphatic carbocycles. The number of nitrogens with one attached hydrogen (secondary N) is 1. The molecule has 1 atom stereocenters. The second kappa shape index (κ2) is 12.3. The van der Waals surface area contributed by atoms with E-state index in [0.29, 0.717) is 25.3 Å². The van der Waals surface area contributed by atoms with Crippen LogP contribution >= 0.6 is 0 Å². The second-order valence-corrected chi connectivity index (χ2v) is 11.2. The molecule has 0 spiro atoms. The van der Waals surface area contributed by atoms with Crippen LogP contribution in [-0.4, -0.2) is 55.7 Å². The summed E-state index contributed by atoms with van der Waals surface area (Å²) in [5.41, 5.74) is 11.2. The third-order valence-electron chi connectivity index (χ3n) is 6.20. The van der Waals surface area contributed by atoms with Gasteiger partial charge in [-0.05, 0) is 66.3 Å². The molecule has 3 rings (SSSR count). The van der Waals surface area contributed by atoms with Gasteiger partial charge in [-0.25, -0.2) is 8.42 Å². The maximum absolute atomic E-state index is 11.9. The third-order valence-corrected chi connectivity index (χ3v) is 7.37. The van der Waals surface area contributed by atoms with Crippen molar-refractivity contribution in [2.45, 2.75) is 37.7 Å². The van der Waals surface area contributed by atoms with Crippen LogP contribution in [0.1, 0.15) is 34.8 Å². The Balaban J connectivity index is 1.56. The van der Waals surface area contributed by atoms with Gasteiger partial charge in [0.15, 0.2) is 9.84 Å². The fourth-order valence-corrected chi connectivity index (χ4v) is 5.39. The minimum Gasteiger partial charge on any atom is -0.507 e. The molecule has 9 nitrogen and oxygen atoms in total. The lowest BCUT2D eigenvalue weighted by atomic mass is 9.94. The maximum Gasteiger partial charge on any atom is 0.303 e. The number of phenolic OH excluding ortho intramolecular Hbond substituents is 1. The van der Waals surface area contributed by atoms with E-state index in [1.807, 2.05) is 50.2 Å². The Kier molecular flexibility index (Phi) is 9.37. The van der Waals surface area contributed by atoms with Crippen molar-refractivity contribution in [1.29, 1.82) is 0 Å². The number of anilines is 1. The van der Waals surface area contributed by atoms with Gasteiger partial charge in [-0.3, -0.25) is 4.79 Å². The second-order valence-electron chi connectivity index (χ2n) is 9.28. The smallest absolute Gasteiger partial charge is 0.303 e. The molecule has 0 unspecified atom stereocenters. The van der Waals surface area contributed by atoms with Gasteiger partial charge in [-0.2, -0.15) is 0 Å². The zero-order valence-electron chi connectivity index (χ0n) is 21.7. The molecule has 0 radical (unpaired) electrons. The first-order chi connectivity index (χ1) is 17.9. The quantitative estimate of drug-likeness (QED) is 0.171. The van der Waals surface area contributed by atoms with Gasteiger partial charge in [0.05, 0.1) is 11.8 Å². The number of aliphatic hydroxyl groups excluding tert-OH is 1. The molecule has 6 N–H and O–H groups in total. The monoisotopic (exact) mass is 542 g/mol. The zero-order valence-corrected chi connectivity index (χ0v) is 22.5. The van der Waals surface area contributed by atoms with Crippen LogP contribution in [0.4, 0.5) is 5.69 Å². The molecule has 0 aromatic heterocycles. The number of carboxylic acid groups (broad SMARTS) is 1. The molecule has 0 fully saturated rings. The van der Waals surface area contributed by atoms with Crippen molar-refractivity contribution in [3.05, 3.63) is 70.8 Å². The van der Waals surface area contributed by atoms with Gasteiger partial charge >= 0.3 is 5.97 Å². The molecule has 204 valence electrons. The number of nitrogen functional groups attached to an aromatic ring is 1. The number of hydrogen-bond acceptors (Lipinski definition) is 8. The average molecular weight is 543 g/mol. The number of ether oxygens (including phenoxy) is 1. The largest absolute Gasteiger partial charge is 0.507 e. The predicted molar refractivity (Wildman–Crippen MR) is 146 cm³/mol. The highest BCUT2D eigenvalue weighted by Crippen LogP contribution is 2.34. The van der Waals surface area contributed by atoms with E-state index in [0.717, 1.165) is 34.1 Å². The van der Waals surface area contributed by atoms with E-state index in [1.54, 1.807) is 0 Å². The number of carboxylic acids is 1. The first-order valence-corrected chi connectivity index (χ1v) is 14.0. The van der Waals surface area contributed by atoms with Crippen LogP contribution in [0.2, 0.25) is 0 Å². The Hall–Kier alpha value is -3.60. The summed E-state index contributed by atoms with van der Waals surface area (Å²) in [6.45, 7) is 4.89. The van der Waals surface area contributed by atoms with E-state index < -0.39 is 27.7 Å². The van der Waals surface area contributed by atoms with E-state index in [9.17, 15) is 23.4 Å². The number of phenols is 1. The van der Waals surface area contributed by atoms with Gasteiger partial charge in [0.1, 0.15) is 23.0 Å². The van der Waals surface area contributed by atoms with Crippen LogP contribution in [0.15, 0.2) is 53.4 Å². The number of carbonyl (C=O) groups is 1. The Morgan fingerprint density at radius 1 is 1.08 bits per heavy atom. The predicted octanol–water partition coefficient (Wildman–Crippen LogP) is 3.38. The number of aromatic hydroxyl groups is 1. The van der Waals surface area contributed by atoms with E-state index in [4.69, 9.17) is 15.6 Å². The summed E-state index contributed by atoms with van der Waals surface area (Å²) in [6, 6.07) is 14.4. The van der Waals surface area contributed by atoms with Gasteiger partial charge in [-0.15, -0.1) is 0 Å². The van der Waals surface area contributed by atoms with Crippen LogP contribution in [0.25, 0.3) is 11.1 Å². The molecule has 3 aromatic carbocycles. The van der Waals surface area contributed by atoms with Crippen molar-refractivity contribution in [3.8, 4) is 22.6 Å². The molecule has 0 aliphatic heterocycles. The van der Waals surface area contributed by atoms with E-state index in [-0.39, 0.29) is 29.1 Å². The standard InChI is InChI=1S/C28H34N2O7S/c1-17-14-21(15-18(2)26(17)20-7-4-19(5-8-20)6-11-25(33)34)37-13-12-30-16-24(32)22-9-10-23(31)28(27(22)29)38(3,35)36/h4-5,7-10,14-15,24,30-32H,6,11-13,16,29H2,1-3H3,(H,33,34)/t24-/m0/s1. The topological polar surface area (TPSA) is 159 Å². The number of aryl methyl sites for hydroxylation is 3. The molecule has 0 saturated carbocycles. The molecule has 38 heavy (non-hydrogen) atoms. The lowest BCUT2D eigenvalue weighted by Crippen LogP contribution is -2.26. The molecule has 3 aromatic rings. The van der Waals surface area contributed by atoms with Gasteiger partial charge in [0.25, 0.3) is 0 Å². The molecule has 0 saturated heterocycles. The average Bonchev–Trinajstić information content (AvgIpc) is 2.82. The lowest BCUT2D eigenvalue weighted by molar-refractivity contribution is -0.136. The summed E-state index contributed by atoms with van der Waals surface area (Å²) >= 11 is 0. The third kappa shape index (κ3) is 7.25. The van der Waals surface area contributed by atoms with Crippen molar-refractivity contribution in [3.63, 3.8) is 0 Å². The SMILES string of the molecule is Cc1cc(OCCNC[C@H](O)c2ccc(O)c(S(C)(=O)=O)c2N)cc(C)c1-c1ccc(CCC(=O)O)cc1. The van der Waals surface area contributed by atoms with Gasteiger partial charge in [0, 0.05) is 31.3 Å². The molecule has 0 heterocycles. The summed E-state index contributed by atoms with van der Waals surface area (Å²) in [4.78, 5) is 10.4. The number of aliphatic carboxylic acids is 1. The summed E-state index contributed by atoms with van der Waals surface area (Å²) in [5.74, 6) is -0.551. The fraction of sp³-hybridized carbons (Fsp3) is 0.321. The molecule has 0 amide bonds. The van der Waals surface area contributed by atoms with Crippen LogP contribution in [0.5, 0.6) is 11.5 Å². The summed E-state index contributed by atoms with van der Waals surface area (Å²) in [5, 5.41) is 32.3. The number of nitrogens with two attached hydrogens (primary N) is 1. The maximum atomic E-state index is 11.9. The van der Waals surface area contributed by atoms with Crippen molar-refractivity contribution in [1.82, 2.24) is 5.32 Å². The minimum absolute atomic E-state index is 0.103. The van der Waals surface area contributed by atoms with Gasteiger partial charge in [0.2, 0.25) is 0 Å². The lowest BCUT2D eigenvalue weighted by Gasteiger charge is -2.17. The van der Waals surface area contributed by atoms with Crippen molar-refractivity contribution >= 4 is 21.5 Å². The molecular formula is C28H34N2O7S. The Labute approximate surface area is 222 Å². The van der Waals surface area contributed by atoms with Crippen LogP contribution < -0.4 is 15.8 Å². The number of aliphatic hydroxyl groups is 1.